The van der Waals surface area contributed by atoms with Gasteiger partial charge in [-0.3, -0.25) is 9.13 Å². The zero-order valence-corrected chi connectivity index (χ0v) is 15.1. The molecule has 0 saturated carbocycles. The number of rotatable bonds is 3. The van der Waals surface area contributed by atoms with Crippen LogP contribution in [0.1, 0.15) is 41.5 Å². The second kappa shape index (κ2) is 5.60. The van der Waals surface area contributed by atoms with Gasteiger partial charge in [0.15, 0.2) is 0 Å². The second-order valence-corrected chi connectivity index (χ2v) is 7.21. The minimum atomic E-state index is -1.12. The van der Waals surface area contributed by atoms with Crippen LogP contribution in [0, 0.1) is 0 Å². The van der Waals surface area contributed by atoms with Crippen LogP contribution in [0.25, 0.3) is 0 Å². The molecule has 0 aliphatic rings. The van der Waals surface area contributed by atoms with Crippen molar-refractivity contribution in [2.24, 2.45) is 0 Å². The Labute approximate surface area is 132 Å². The molecule has 0 amide bonds. The fourth-order valence-corrected chi connectivity index (χ4v) is 2.91. The molecule has 1 aromatic heterocycles. The summed E-state index contributed by atoms with van der Waals surface area (Å²) in [6.45, 7) is 11.0. The van der Waals surface area contributed by atoms with E-state index in [-0.39, 0.29) is 5.69 Å². The highest BCUT2D eigenvalue weighted by molar-refractivity contribution is 9.10. The van der Waals surface area contributed by atoms with E-state index in [0.29, 0.717) is 16.2 Å². The van der Waals surface area contributed by atoms with Crippen molar-refractivity contribution in [3.63, 3.8) is 0 Å². The fourth-order valence-electron chi connectivity index (χ4n) is 1.77. The number of hydrogen-bond donors (Lipinski definition) is 1. The summed E-state index contributed by atoms with van der Waals surface area (Å²) in [6.07, 6.45) is 0. The van der Waals surface area contributed by atoms with E-state index < -0.39 is 17.1 Å². The van der Waals surface area contributed by atoms with Crippen LogP contribution >= 0.6 is 28.6 Å². The van der Waals surface area contributed by atoms with Gasteiger partial charge in [-0.2, -0.15) is 0 Å². The first-order valence-electron chi connectivity index (χ1n) is 6.37. The molecule has 7 heteroatoms. The second-order valence-electron chi connectivity index (χ2n) is 6.04. The summed E-state index contributed by atoms with van der Waals surface area (Å²) in [5.74, 6) is -0.464. The zero-order chi connectivity index (χ0) is 15.9. The van der Waals surface area contributed by atoms with Crippen molar-refractivity contribution in [3.05, 3.63) is 15.1 Å². The average molecular weight is 365 g/mol. The topological polar surface area (TPSA) is 53.2 Å². The van der Waals surface area contributed by atoms with Gasteiger partial charge in [0.1, 0.15) is 20.8 Å². The molecule has 0 bridgehead atoms. The molecule has 0 atom stereocenters. The predicted molar refractivity (Wildman–Crippen MR) is 84.5 cm³/mol. The van der Waals surface area contributed by atoms with Gasteiger partial charge in [0.2, 0.25) is 0 Å². The zero-order valence-electron chi connectivity index (χ0n) is 12.7. The number of nitrogens with zero attached hydrogens (tertiary/aromatic N) is 2. The quantitative estimate of drug-likeness (QED) is 0.662. The van der Waals surface area contributed by atoms with Gasteiger partial charge in [0.25, 0.3) is 0 Å². The van der Waals surface area contributed by atoms with E-state index in [1.165, 1.54) is 9.13 Å². The van der Waals surface area contributed by atoms with Crippen LogP contribution < -0.4 is 5.69 Å². The number of carbonyl (C=O) groups excluding carboxylic acids is 1. The molecule has 0 aliphatic heterocycles. The third-order valence-electron chi connectivity index (χ3n) is 2.83. The van der Waals surface area contributed by atoms with Gasteiger partial charge in [-0.1, -0.05) is 0 Å². The molecule has 1 heterocycles. The summed E-state index contributed by atoms with van der Waals surface area (Å²) >= 11 is 7.65. The highest BCUT2D eigenvalue weighted by Gasteiger charge is 2.38. The lowest BCUT2D eigenvalue weighted by Crippen LogP contribution is -2.46. The minimum absolute atomic E-state index is 0.291. The summed E-state index contributed by atoms with van der Waals surface area (Å²) < 4.78 is 8.72. The maximum absolute atomic E-state index is 12.4. The highest BCUT2D eigenvalue weighted by atomic mass is 79.9. The van der Waals surface area contributed by atoms with E-state index >= 15 is 0 Å². The molecule has 0 spiro atoms. The van der Waals surface area contributed by atoms with Crippen molar-refractivity contribution in [3.8, 4) is 0 Å². The van der Waals surface area contributed by atoms with E-state index in [0.717, 1.165) is 0 Å². The average Bonchev–Trinajstić information content (AvgIpc) is 2.47. The van der Waals surface area contributed by atoms with Crippen LogP contribution in [0.15, 0.2) is 14.4 Å². The lowest BCUT2D eigenvalue weighted by atomic mass is 10.1. The molecule has 0 unspecified atom stereocenters. The molecule has 1 aromatic rings. The number of hydrogen-bond acceptors (Lipinski definition) is 4. The van der Waals surface area contributed by atoms with Gasteiger partial charge in [0, 0.05) is 6.54 Å². The lowest BCUT2D eigenvalue weighted by Gasteiger charge is -2.29. The number of aromatic nitrogens is 2. The first-order valence-corrected chi connectivity index (χ1v) is 7.61. The summed E-state index contributed by atoms with van der Waals surface area (Å²) in [5.41, 5.74) is -2.02. The molecular weight excluding hydrogens is 344 g/mol. The molecule has 1 rings (SSSR count). The van der Waals surface area contributed by atoms with Crippen LogP contribution in [0.5, 0.6) is 0 Å². The van der Waals surface area contributed by atoms with Gasteiger partial charge >= 0.3 is 11.7 Å². The van der Waals surface area contributed by atoms with Crippen molar-refractivity contribution < 1.29 is 9.53 Å². The maximum atomic E-state index is 12.4. The molecule has 0 fully saturated rings. The van der Waals surface area contributed by atoms with Gasteiger partial charge in [-0.25, -0.2) is 9.59 Å². The molecular formula is C13H21BrN2O3S. The first-order chi connectivity index (χ1) is 8.93. The highest BCUT2D eigenvalue weighted by Crippen LogP contribution is 2.28. The monoisotopic (exact) mass is 364 g/mol. The Kier molecular flexibility index (Phi) is 4.86. The Bertz CT molecular complexity index is 582. The lowest BCUT2D eigenvalue weighted by molar-refractivity contribution is -0.164. The van der Waals surface area contributed by atoms with Crippen LogP contribution in [0.4, 0.5) is 0 Å². The summed E-state index contributed by atoms with van der Waals surface area (Å²) in [7, 11) is 0. The largest absolute Gasteiger partial charge is 0.458 e. The van der Waals surface area contributed by atoms with E-state index in [2.05, 4.69) is 28.6 Å². The Hall–Kier alpha value is -0.690. The molecule has 0 aromatic carbocycles. The summed E-state index contributed by atoms with van der Waals surface area (Å²) in [4.78, 5) is 24.8. The SMILES string of the molecule is CCn1c(S)c(Br)n(C(C)(C)C(=O)OC(C)(C)C)c1=O. The third kappa shape index (κ3) is 3.14. The smallest absolute Gasteiger partial charge is 0.332 e. The van der Waals surface area contributed by atoms with Gasteiger partial charge in [-0.05, 0) is 57.5 Å². The van der Waals surface area contributed by atoms with Crippen LogP contribution in [-0.2, 0) is 21.6 Å². The van der Waals surface area contributed by atoms with Crippen LogP contribution in [0.3, 0.4) is 0 Å². The molecule has 5 nitrogen and oxygen atoms in total. The number of esters is 1. The fraction of sp³-hybridized carbons (Fsp3) is 0.692. The van der Waals surface area contributed by atoms with E-state index in [1.807, 2.05) is 6.92 Å². The number of imidazole rings is 1. The summed E-state index contributed by atoms with van der Waals surface area (Å²) in [6, 6.07) is 0. The Morgan fingerprint density at radius 2 is 1.80 bits per heavy atom. The maximum Gasteiger partial charge on any atom is 0.332 e. The van der Waals surface area contributed by atoms with Crippen molar-refractivity contribution in [1.82, 2.24) is 9.13 Å². The van der Waals surface area contributed by atoms with Crippen molar-refractivity contribution in [2.45, 2.75) is 64.3 Å². The minimum Gasteiger partial charge on any atom is -0.458 e. The molecule has 0 saturated heterocycles. The molecule has 0 aliphatic carbocycles. The van der Waals surface area contributed by atoms with Crippen molar-refractivity contribution in [2.75, 3.05) is 0 Å². The standard InChI is InChI=1S/C13H21BrN2O3S/c1-7-15-9(20)8(14)16(11(15)18)13(5,6)10(17)19-12(2,3)4/h20H,7H2,1-6H3. The van der Waals surface area contributed by atoms with Crippen LogP contribution in [-0.4, -0.2) is 20.7 Å². The normalized spacial score (nSPS) is 12.6. The Morgan fingerprint density at radius 1 is 1.30 bits per heavy atom. The number of thiol groups is 1. The van der Waals surface area contributed by atoms with Crippen molar-refractivity contribution in [1.29, 1.82) is 0 Å². The number of halogens is 1. The number of ether oxygens (including phenoxy) is 1. The van der Waals surface area contributed by atoms with E-state index in [4.69, 9.17) is 4.74 Å². The van der Waals surface area contributed by atoms with Crippen molar-refractivity contribution >= 4 is 34.5 Å². The Balaban J connectivity index is 3.37. The summed E-state index contributed by atoms with van der Waals surface area (Å²) in [5, 5.41) is 0.495. The van der Waals surface area contributed by atoms with Gasteiger partial charge in [-0.15, -0.1) is 12.6 Å². The van der Waals surface area contributed by atoms with E-state index in [9.17, 15) is 9.59 Å². The molecule has 114 valence electrons. The van der Waals surface area contributed by atoms with Gasteiger partial charge < -0.3 is 4.74 Å². The molecule has 0 N–H and O–H groups in total. The van der Waals surface area contributed by atoms with Gasteiger partial charge in [0.05, 0.1) is 0 Å². The third-order valence-corrected chi connectivity index (χ3v) is 4.32. The first kappa shape index (κ1) is 17.4. The Morgan fingerprint density at radius 3 is 2.15 bits per heavy atom. The number of carbonyl (C=O) groups is 1. The predicted octanol–water partition coefficient (Wildman–Crippen LogP) is 2.80. The molecule has 20 heavy (non-hydrogen) atoms. The van der Waals surface area contributed by atoms with Crippen LogP contribution in [0.2, 0.25) is 0 Å². The van der Waals surface area contributed by atoms with E-state index in [1.54, 1.807) is 34.6 Å². The molecule has 0 radical (unpaired) electrons.